The van der Waals surface area contributed by atoms with Crippen molar-refractivity contribution in [1.82, 2.24) is 0 Å². The minimum absolute atomic E-state index is 0.0450. The van der Waals surface area contributed by atoms with Crippen LogP contribution in [0.2, 0.25) is 0 Å². The van der Waals surface area contributed by atoms with Crippen molar-refractivity contribution in [2.75, 3.05) is 0 Å². The summed E-state index contributed by atoms with van der Waals surface area (Å²) >= 11 is 3.36. The molecule has 0 N–H and O–H groups in total. The molecule has 0 fully saturated rings. The lowest BCUT2D eigenvalue weighted by molar-refractivity contribution is -0.385. The van der Waals surface area contributed by atoms with Crippen LogP contribution in [0, 0.1) is 28.4 Å². The molecule has 0 aliphatic heterocycles. The number of hydrogen-bond acceptors (Lipinski definition) is 4. The van der Waals surface area contributed by atoms with Crippen molar-refractivity contribution in [2.45, 2.75) is 6.92 Å². The van der Waals surface area contributed by atoms with Gasteiger partial charge in [0, 0.05) is 21.7 Å². The van der Waals surface area contributed by atoms with E-state index in [0.29, 0.717) is 28.2 Å². The standard InChI is InChI=1S/C20H13BrN2O3/c1-13-2-3-15(11-19(13)23(24)25)20-9-8-18(26-20)10-16(12-22)14-4-6-17(21)7-5-14/h2-11H,1H3/b16-10-. The maximum atomic E-state index is 11.1. The van der Waals surface area contributed by atoms with E-state index in [2.05, 4.69) is 22.0 Å². The van der Waals surface area contributed by atoms with Crippen LogP contribution in [0.4, 0.5) is 5.69 Å². The summed E-state index contributed by atoms with van der Waals surface area (Å²) in [7, 11) is 0. The molecule has 3 rings (SSSR count). The minimum atomic E-state index is -0.413. The summed E-state index contributed by atoms with van der Waals surface area (Å²) in [4.78, 5) is 10.7. The molecular weight excluding hydrogens is 396 g/mol. The third kappa shape index (κ3) is 3.73. The Bertz CT molecular complexity index is 1040. The molecule has 0 aliphatic carbocycles. The zero-order valence-corrected chi connectivity index (χ0v) is 15.4. The third-order valence-electron chi connectivity index (χ3n) is 3.88. The van der Waals surface area contributed by atoms with Gasteiger partial charge in [-0.2, -0.15) is 5.26 Å². The van der Waals surface area contributed by atoms with Crippen LogP contribution in [0.5, 0.6) is 0 Å². The quantitative estimate of drug-likeness (QED) is 0.301. The maximum Gasteiger partial charge on any atom is 0.273 e. The Morgan fingerprint density at radius 3 is 2.58 bits per heavy atom. The van der Waals surface area contributed by atoms with Crippen molar-refractivity contribution >= 4 is 33.3 Å². The fraction of sp³-hybridized carbons (Fsp3) is 0.0500. The largest absolute Gasteiger partial charge is 0.457 e. The van der Waals surface area contributed by atoms with Crippen molar-refractivity contribution in [3.8, 4) is 17.4 Å². The molecule has 0 amide bonds. The average molecular weight is 409 g/mol. The summed E-state index contributed by atoms with van der Waals surface area (Å²) in [6, 6.07) is 18.0. The van der Waals surface area contributed by atoms with Gasteiger partial charge in [-0.25, -0.2) is 0 Å². The molecule has 0 saturated heterocycles. The number of benzene rings is 2. The Kier molecular flexibility index (Phi) is 5.01. The third-order valence-corrected chi connectivity index (χ3v) is 4.41. The number of furan rings is 1. The normalized spacial score (nSPS) is 11.2. The second kappa shape index (κ2) is 7.38. The Morgan fingerprint density at radius 1 is 1.19 bits per heavy atom. The molecule has 0 bridgehead atoms. The molecule has 6 heteroatoms. The number of allylic oxidation sites excluding steroid dienone is 1. The highest BCUT2D eigenvalue weighted by atomic mass is 79.9. The number of halogens is 1. The monoisotopic (exact) mass is 408 g/mol. The Balaban J connectivity index is 1.95. The van der Waals surface area contributed by atoms with E-state index in [-0.39, 0.29) is 5.69 Å². The van der Waals surface area contributed by atoms with E-state index in [4.69, 9.17) is 4.42 Å². The van der Waals surface area contributed by atoms with E-state index in [0.717, 1.165) is 10.0 Å². The van der Waals surface area contributed by atoms with Crippen molar-refractivity contribution in [3.05, 3.63) is 86.1 Å². The van der Waals surface area contributed by atoms with Crippen molar-refractivity contribution in [3.63, 3.8) is 0 Å². The average Bonchev–Trinajstić information content (AvgIpc) is 3.09. The van der Waals surface area contributed by atoms with E-state index in [1.54, 1.807) is 37.3 Å². The highest BCUT2D eigenvalue weighted by Crippen LogP contribution is 2.29. The molecule has 1 heterocycles. The van der Waals surface area contributed by atoms with Crippen molar-refractivity contribution in [2.24, 2.45) is 0 Å². The fourth-order valence-electron chi connectivity index (χ4n) is 2.50. The number of aryl methyl sites for hydroxylation is 1. The van der Waals surface area contributed by atoms with Crippen LogP contribution in [-0.4, -0.2) is 4.92 Å². The van der Waals surface area contributed by atoms with Gasteiger partial charge in [0.05, 0.1) is 16.6 Å². The van der Waals surface area contributed by atoms with Gasteiger partial charge in [-0.3, -0.25) is 10.1 Å². The molecule has 0 aliphatic rings. The molecule has 0 atom stereocenters. The van der Waals surface area contributed by atoms with Gasteiger partial charge in [-0.1, -0.05) is 40.2 Å². The second-order valence-corrected chi connectivity index (χ2v) is 6.55. The molecule has 128 valence electrons. The predicted octanol–water partition coefficient (Wildman–Crippen LogP) is 5.99. The predicted molar refractivity (Wildman–Crippen MR) is 103 cm³/mol. The van der Waals surface area contributed by atoms with Gasteiger partial charge in [0.1, 0.15) is 11.5 Å². The number of hydrogen-bond donors (Lipinski definition) is 0. The first-order valence-electron chi connectivity index (χ1n) is 7.71. The van der Waals surface area contributed by atoms with Gasteiger partial charge in [0.2, 0.25) is 0 Å². The van der Waals surface area contributed by atoms with Crippen LogP contribution < -0.4 is 0 Å². The molecular formula is C20H13BrN2O3. The summed E-state index contributed by atoms with van der Waals surface area (Å²) in [6.45, 7) is 1.69. The number of nitro groups is 1. The minimum Gasteiger partial charge on any atom is -0.457 e. The van der Waals surface area contributed by atoms with Crippen LogP contribution in [0.3, 0.4) is 0 Å². The lowest BCUT2D eigenvalue weighted by Crippen LogP contribution is -1.91. The van der Waals surface area contributed by atoms with Gasteiger partial charge in [-0.15, -0.1) is 0 Å². The number of nitro benzene ring substituents is 1. The molecule has 0 radical (unpaired) electrons. The Labute approximate surface area is 158 Å². The molecule has 26 heavy (non-hydrogen) atoms. The Morgan fingerprint density at radius 2 is 1.92 bits per heavy atom. The Hall–Kier alpha value is -3.17. The molecule has 0 saturated carbocycles. The van der Waals surface area contributed by atoms with E-state index < -0.39 is 4.92 Å². The molecule has 5 nitrogen and oxygen atoms in total. The number of nitriles is 1. The van der Waals surface area contributed by atoms with E-state index in [1.165, 1.54) is 6.07 Å². The van der Waals surface area contributed by atoms with Crippen molar-refractivity contribution in [1.29, 1.82) is 5.26 Å². The van der Waals surface area contributed by atoms with Crippen LogP contribution in [-0.2, 0) is 0 Å². The lowest BCUT2D eigenvalue weighted by atomic mass is 10.1. The summed E-state index contributed by atoms with van der Waals surface area (Å²) in [5.74, 6) is 1.01. The van der Waals surface area contributed by atoms with Crippen LogP contribution >= 0.6 is 15.9 Å². The van der Waals surface area contributed by atoms with E-state index in [9.17, 15) is 15.4 Å². The van der Waals surface area contributed by atoms with E-state index >= 15 is 0 Å². The summed E-state index contributed by atoms with van der Waals surface area (Å²) in [6.07, 6.45) is 1.65. The summed E-state index contributed by atoms with van der Waals surface area (Å²) in [5, 5.41) is 20.5. The number of rotatable bonds is 4. The zero-order chi connectivity index (χ0) is 18.7. The zero-order valence-electron chi connectivity index (χ0n) is 13.8. The van der Waals surface area contributed by atoms with Gasteiger partial charge in [0.25, 0.3) is 5.69 Å². The van der Waals surface area contributed by atoms with Crippen LogP contribution in [0.25, 0.3) is 23.0 Å². The van der Waals surface area contributed by atoms with Crippen molar-refractivity contribution < 1.29 is 9.34 Å². The van der Waals surface area contributed by atoms with Crippen LogP contribution in [0.15, 0.2) is 63.5 Å². The second-order valence-electron chi connectivity index (χ2n) is 5.64. The smallest absolute Gasteiger partial charge is 0.273 e. The topological polar surface area (TPSA) is 80.1 Å². The highest BCUT2D eigenvalue weighted by molar-refractivity contribution is 9.10. The summed E-state index contributed by atoms with van der Waals surface area (Å²) in [5.41, 5.74) is 2.49. The molecule has 0 spiro atoms. The van der Waals surface area contributed by atoms with Gasteiger partial charge < -0.3 is 4.42 Å². The fourth-order valence-corrected chi connectivity index (χ4v) is 2.76. The van der Waals surface area contributed by atoms with Gasteiger partial charge >= 0.3 is 0 Å². The first-order valence-corrected chi connectivity index (χ1v) is 8.50. The SMILES string of the molecule is Cc1ccc(-c2ccc(/C=C(/C#N)c3ccc(Br)cc3)o2)cc1[N+](=O)[O-]. The van der Waals surface area contributed by atoms with E-state index in [1.807, 2.05) is 24.3 Å². The summed E-state index contributed by atoms with van der Waals surface area (Å²) < 4.78 is 6.69. The molecule has 1 aromatic heterocycles. The molecule has 2 aromatic carbocycles. The highest BCUT2D eigenvalue weighted by Gasteiger charge is 2.14. The van der Waals surface area contributed by atoms with Crippen LogP contribution in [0.1, 0.15) is 16.9 Å². The first-order chi connectivity index (χ1) is 12.5. The molecule has 3 aromatic rings. The maximum absolute atomic E-state index is 11.1. The first kappa shape index (κ1) is 17.6. The lowest BCUT2D eigenvalue weighted by Gasteiger charge is -2.01. The molecule has 0 unspecified atom stereocenters. The van der Waals surface area contributed by atoms with Gasteiger partial charge in [0.15, 0.2) is 0 Å². The van der Waals surface area contributed by atoms with Gasteiger partial charge in [-0.05, 0) is 42.8 Å². The number of nitrogens with zero attached hydrogens (tertiary/aromatic N) is 2.